The van der Waals surface area contributed by atoms with Crippen LogP contribution < -0.4 is 4.90 Å². The number of hydrogen-bond acceptors (Lipinski definition) is 2. The van der Waals surface area contributed by atoms with E-state index in [0.717, 1.165) is 26.9 Å². The number of benzene rings is 2. The number of aromatic amines is 1. The van der Waals surface area contributed by atoms with Gasteiger partial charge in [-0.2, -0.15) is 0 Å². The van der Waals surface area contributed by atoms with Crippen LogP contribution in [0.2, 0.25) is 0 Å². The molecule has 0 atom stereocenters. The monoisotopic (exact) mass is 347 g/mol. The van der Waals surface area contributed by atoms with E-state index in [9.17, 15) is 0 Å². The molecule has 0 saturated carbocycles. The largest absolute Gasteiger partial charge is 0.378 e. The molecule has 0 aliphatic heterocycles. The summed E-state index contributed by atoms with van der Waals surface area (Å²) in [7, 11) is 4.06. The van der Waals surface area contributed by atoms with Crippen LogP contribution >= 0.6 is 28.1 Å². The van der Waals surface area contributed by atoms with Crippen molar-refractivity contribution in [3.8, 4) is 5.69 Å². The van der Waals surface area contributed by atoms with Crippen molar-refractivity contribution in [1.29, 1.82) is 0 Å². The third kappa shape index (κ3) is 2.27. The highest BCUT2D eigenvalue weighted by Crippen LogP contribution is 2.24. The molecule has 2 aromatic carbocycles. The van der Waals surface area contributed by atoms with Crippen molar-refractivity contribution in [2.45, 2.75) is 0 Å². The summed E-state index contributed by atoms with van der Waals surface area (Å²) < 4.78 is 3.80. The highest BCUT2D eigenvalue weighted by molar-refractivity contribution is 9.10. The molecule has 5 heteroatoms. The number of aromatic nitrogens is 2. The summed E-state index contributed by atoms with van der Waals surface area (Å²) in [5.74, 6) is 0. The topological polar surface area (TPSA) is 24.0 Å². The lowest BCUT2D eigenvalue weighted by atomic mass is 10.2. The van der Waals surface area contributed by atoms with E-state index in [2.05, 4.69) is 54.6 Å². The van der Waals surface area contributed by atoms with Gasteiger partial charge in [0, 0.05) is 24.3 Å². The Bertz CT molecular complexity index is 832. The SMILES string of the molecule is CN(C)c1cccc(-n2c(=S)[nH]c3cc(Br)ccc32)c1. The number of hydrogen-bond donors (Lipinski definition) is 1. The zero-order valence-electron chi connectivity index (χ0n) is 11.2. The van der Waals surface area contributed by atoms with Crippen molar-refractivity contribution in [2.24, 2.45) is 0 Å². The minimum atomic E-state index is 0.703. The summed E-state index contributed by atoms with van der Waals surface area (Å²) in [6.45, 7) is 0. The minimum absolute atomic E-state index is 0.703. The van der Waals surface area contributed by atoms with Gasteiger partial charge in [-0.05, 0) is 48.6 Å². The van der Waals surface area contributed by atoms with Gasteiger partial charge in [0.1, 0.15) is 0 Å². The zero-order valence-corrected chi connectivity index (χ0v) is 13.6. The van der Waals surface area contributed by atoms with Crippen molar-refractivity contribution in [3.05, 3.63) is 51.7 Å². The maximum Gasteiger partial charge on any atom is 0.182 e. The Morgan fingerprint density at radius 1 is 1.15 bits per heavy atom. The van der Waals surface area contributed by atoms with Gasteiger partial charge >= 0.3 is 0 Å². The average Bonchev–Trinajstić information content (AvgIpc) is 2.73. The van der Waals surface area contributed by atoms with E-state index in [1.807, 2.05) is 32.3 Å². The van der Waals surface area contributed by atoms with Gasteiger partial charge < -0.3 is 9.88 Å². The van der Waals surface area contributed by atoms with Crippen LogP contribution in [0.15, 0.2) is 46.9 Å². The summed E-state index contributed by atoms with van der Waals surface area (Å²) in [5.41, 5.74) is 4.32. The smallest absolute Gasteiger partial charge is 0.182 e. The number of H-pyrrole nitrogens is 1. The Balaban J connectivity index is 2.26. The first-order chi connectivity index (χ1) is 9.56. The Labute approximate surface area is 131 Å². The second-order valence-corrected chi connectivity index (χ2v) is 6.14. The molecule has 0 unspecified atom stereocenters. The second kappa shape index (κ2) is 5.07. The molecule has 0 bridgehead atoms. The molecule has 1 heterocycles. The lowest BCUT2D eigenvalue weighted by Gasteiger charge is -2.14. The standard InChI is InChI=1S/C15H14BrN3S/c1-18(2)11-4-3-5-12(9-11)19-14-7-6-10(16)8-13(14)17-15(19)20/h3-9H,1-2H3,(H,17,20). The quantitative estimate of drug-likeness (QED) is 0.689. The van der Waals surface area contributed by atoms with E-state index in [4.69, 9.17) is 12.2 Å². The van der Waals surface area contributed by atoms with E-state index in [1.54, 1.807) is 0 Å². The fourth-order valence-corrected chi connectivity index (χ4v) is 2.93. The van der Waals surface area contributed by atoms with Crippen LogP contribution in [0.25, 0.3) is 16.7 Å². The molecular formula is C15H14BrN3S. The van der Waals surface area contributed by atoms with Crippen LogP contribution in [0.5, 0.6) is 0 Å². The highest BCUT2D eigenvalue weighted by Gasteiger charge is 2.07. The van der Waals surface area contributed by atoms with Gasteiger partial charge in [0.05, 0.1) is 16.7 Å². The van der Waals surface area contributed by atoms with Crippen molar-refractivity contribution < 1.29 is 0 Å². The van der Waals surface area contributed by atoms with Crippen LogP contribution in [0, 0.1) is 4.77 Å². The molecule has 20 heavy (non-hydrogen) atoms. The molecule has 1 N–H and O–H groups in total. The van der Waals surface area contributed by atoms with E-state index >= 15 is 0 Å². The van der Waals surface area contributed by atoms with Crippen LogP contribution in [-0.4, -0.2) is 23.6 Å². The summed E-state index contributed by atoms with van der Waals surface area (Å²) in [6.07, 6.45) is 0. The van der Waals surface area contributed by atoms with Crippen molar-refractivity contribution in [2.75, 3.05) is 19.0 Å². The Hall–Kier alpha value is -1.59. The van der Waals surface area contributed by atoms with Gasteiger partial charge in [0.25, 0.3) is 0 Å². The minimum Gasteiger partial charge on any atom is -0.378 e. The Morgan fingerprint density at radius 3 is 2.70 bits per heavy atom. The number of fused-ring (bicyclic) bond motifs is 1. The van der Waals surface area contributed by atoms with E-state index in [0.29, 0.717) is 4.77 Å². The number of rotatable bonds is 2. The first-order valence-corrected chi connectivity index (χ1v) is 7.44. The van der Waals surface area contributed by atoms with E-state index in [1.165, 1.54) is 0 Å². The summed E-state index contributed by atoms with van der Waals surface area (Å²) in [4.78, 5) is 5.33. The molecule has 3 aromatic rings. The van der Waals surface area contributed by atoms with Crippen LogP contribution in [0.3, 0.4) is 0 Å². The number of nitrogens with zero attached hydrogens (tertiary/aromatic N) is 2. The molecule has 3 nitrogen and oxygen atoms in total. The predicted molar refractivity (Wildman–Crippen MR) is 90.5 cm³/mol. The first-order valence-electron chi connectivity index (χ1n) is 6.24. The average molecular weight is 348 g/mol. The van der Waals surface area contributed by atoms with E-state index in [-0.39, 0.29) is 0 Å². The van der Waals surface area contributed by atoms with Gasteiger partial charge in [-0.3, -0.25) is 4.57 Å². The van der Waals surface area contributed by atoms with Crippen LogP contribution in [0.4, 0.5) is 5.69 Å². The van der Waals surface area contributed by atoms with Crippen molar-refractivity contribution in [1.82, 2.24) is 9.55 Å². The van der Waals surface area contributed by atoms with Crippen LogP contribution in [0.1, 0.15) is 0 Å². The highest BCUT2D eigenvalue weighted by atomic mass is 79.9. The molecule has 0 saturated heterocycles. The third-order valence-electron chi connectivity index (χ3n) is 3.25. The van der Waals surface area contributed by atoms with E-state index < -0.39 is 0 Å². The lowest BCUT2D eigenvalue weighted by molar-refractivity contribution is 1.05. The second-order valence-electron chi connectivity index (χ2n) is 4.84. The summed E-state index contributed by atoms with van der Waals surface area (Å²) in [6, 6.07) is 14.5. The molecule has 0 radical (unpaired) electrons. The molecule has 102 valence electrons. The normalized spacial score (nSPS) is 10.9. The molecule has 0 aliphatic carbocycles. The fourth-order valence-electron chi connectivity index (χ4n) is 2.25. The third-order valence-corrected chi connectivity index (χ3v) is 4.03. The van der Waals surface area contributed by atoms with Crippen molar-refractivity contribution >= 4 is 44.9 Å². The lowest BCUT2D eigenvalue weighted by Crippen LogP contribution is -2.09. The number of halogens is 1. The van der Waals surface area contributed by atoms with Gasteiger partial charge in [-0.1, -0.05) is 22.0 Å². The summed E-state index contributed by atoms with van der Waals surface area (Å²) >= 11 is 8.95. The molecule has 0 amide bonds. The molecule has 0 aliphatic rings. The summed E-state index contributed by atoms with van der Waals surface area (Å²) in [5, 5.41) is 0. The molecular weight excluding hydrogens is 334 g/mol. The first kappa shape index (κ1) is 13.4. The van der Waals surface area contributed by atoms with Crippen molar-refractivity contribution in [3.63, 3.8) is 0 Å². The van der Waals surface area contributed by atoms with Gasteiger partial charge in [0.2, 0.25) is 0 Å². The number of nitrogens with one attached hydrogen (secondary N) is 1. The zero-order chi connectivity index (χ0) is 14.3. The van der Waals surface area contributed by atoms with Gasteiger partial charge in [-0.25, -0.2) is 0 Å². The molecule has 1 aromatic heterocycles. The fraction of sp³-hybridized carbons (Fsp3) is 0.133. The number of anilines is 1. The predicted octanol–water partition coefficient (Wildman–Crippen LogP) is 4.52. The molecule has 3 rings (SSSR count). The molecule has 0 spiro atoms. The van der Waals surface area contributed by atoms with Crippen LogP contribution in [-0.2, 0) is 0 Å². The molecule has 0 fully saturated rings. The maximum absolute atomic E-state index is 5.47. The Morgan fingerprint density at radius 2 is 1.95 bits per heavy atom. The van der Waals surface area contributed by atoms with Gasteiger partial charge in [0.15, 0.2) is 4.77 Å². The van der Waals surface area contributed by atoms with Gasteiger partial charge in [-0.15, -0.1) is 0 Å². The number of imidazole rings is 1. The maximum atomic E-state index is 5.47. The Kier molecular flexibility index (Phi) is 3.40.